The number of hydrogen-bond donors (Lipinski definition) is 2. The van der Waals surface area contributed by atoms with Gasteiger partial charge in [-0.3, -0.25) is 4.99 Å². The molecular weight excluding hydrogens is 390 g/mol. The van der Waals surface area contributed by atoms with Gasteiger partial charge in [-0.2, -0.15) is 4.31 Å². The molecule has 29 heavy (non-hydrogen) atoms. The van der Waals surface area contributed by atoms with Crippen molar-refractivity contribution in [3.05, 3.63) is 30.3 Å². The minimum atomic E-state index is -3.27. The smallest absolute Gasteiger partial charge is 0.216 e. The van der Waals surface area contributed by atoms with Crippen LogP contribution in [0.3, 0.4) is 0 Å². The van der Waals surface area contributed by atoms with E-state index in [0.717, 1.165) is 31.2 Å². The molecule has 1 saturated heterocycles. The third-order valence-electron chi connectivity index (χ3n) is 4.68. The van der Waals surface area contributed by atoms with Crippen LogP contribution in [0.4, 0.5) is 5.69 Å². The van der Waals surface area contributed by atoms with Gasteiger partial charge in [0.1, 0.15) is 0 Å². The summed E-state index contributed by atoms with van der Waals surface area (Å²) < 4.78 is 31.8. The van der Waals surface area contributed by atoms with Crippen LogP contribution < -0.4 is 10.6 Å². The predicted octanol–water partition coefficient (Wildman–Crippen LogP) is 1.44. The van der Waals surface area contributed by atoms with Crippen LogP contribution >= 0.6 is 0 Å². The van der Waals surface area contributed by atoms with Gasteiger partial charge in [0.05, 0.1) is 18.5 Å². The average Bonchev–Trinajstić information content (AvgIpc) is 2.71. The molecule has 0 saturated carbocycles. The first-order chi connectivity index (χ1) is 13.9. The van der Waals surface area contributed by atoms with E-state index in [-0.39, 0.29) is 18.5 Å². The van der Waals surface area contributed by atoms with Crippen molar-refractivity contribution in [2.24, 2.45) is 4.99 Å². The van der Waals surface area contributed by atoms with E-state index in [1.165, 1.54) is 0 Å². The van der Waals surface area contributed by atoms with Gasteiger partial charge in [0.2, 0.25) is 10.0 Å². The van der Waals surface area contributed by atoms with Crippen LogP contribution in [0.2, 0.25) is 0 Å². The van der Waals surface area contributed by atoms with Crippen molar-refractivity contribution in [1.82, 2.24) is 14.5 Å². The second kappa shape index (κ2) is 12.0. The molecule has 1 aliphatic rings. The van der Waals surface area contributed by atoms with Gasteiger partial charge < -0.3 is 20.3 Å². The lowest BCUT2D eigenvalue weighted by molar-refractivity contribution is 0.0904. The summed E-state index contributed by atoms with van der Waals surface area (Å²) >= 11 is 0. The predicted molar refractivity (Wildman–Crippen MR) is 119 cm³/mol. The van der Waals surface area contributed by atoms with Gasteiger partial charge in [0.25, 0.3) is 0 Å². The Labute approximate surface area is 175 Å². The normalized spacial score (nSPS) is 16.3. The third kappa shape index (κ3) is 8.20. The number of rotatable bonds is 10. The first-order valence-electron chi connectivity index (χ1n) is 10.3. The van der Waals surface area contributed by atoms with Gasteiger partial charge in [-0.15, -0.1) is 0 Å². The molecule has 0 bridgehead atoms. The zero-order chi connectivity index (χ0) is 21.1. The molecule has 2 N–H and O–H groups in total. The highest BCUT2D eigenvalue weighted by Crippen LogP contribution is 2.09. The number of anilines is 1. The molecule has 0 spiro atoms. The van der Waals surface area contributed by atoms with Crippen LogP contribution in [0.15, 0.2) is 35.3 Å². The summed E-state index contributed by atoms with van der Waals surface area (Å²) in [6.07, 6.45) is 0.998. The van der Waals surface area contributed by atoms with E-state index < -0.39 is 10.0 Å². The Morgan fingerprint density at radius 3 is 2.45 bits per heavy atom. The second-order valence-corrected chi connectivity index (χ2v) is 9.33. The molecule has 164 valence electrons. The molecule has 0 atom stereocenters. The van der Waals surface area contributed by atoms with E-state index >= 15 is 0 Å². The number of benzene rings is 1. The topological polar surface area (TPSA) is 86.3 Å². The molecular formula is C20H35N5O3S. The minimum absolute atomic E-state index is 0.0343. The zero-order valence-corrected chi connectivity index (χ0v) is 18.6. The molecule has 0 unspecified atom stereocenters. The lowest BCUT2D eigenvalue weighted by Gasteiger charge is -2.35. The Bertz CT molecular complexity index is 717. The third-order valence-corrected chi connectivity index (χ3v) is 6.51. The van der Waals surface area contributed by atoms with Crippen molar-refractivity contribution in [3.8, 4) is 0 Å². The van der Waals surface area contributed by atoms with Crippen LogP contribution in [-0.2, 0) is 14.8 Å². The summed E-state index contributed by atoms with van der Waals surface area (Å²) in [6, 6.07) is 10.1. The largest absolute Gasteiger partial charge is 0.385 e. The molecule has 1 fully saturated rings. The summed E-state index contributed by atoms with van der Waals surface area (Å²) in [5.41, 5.74) is 1.12. The Morgan fingerprint density at radius 1 is 1.14 bits per heavy atom. The van der Waals surface area contributed by atoms with E-state index in [9.17, 15) is 8.42 Å². The first-order valence-corrected chi connectivity index (χ1v) is 11.9. The summed E-state index contributed by atoms with van der Waals surface area (Å²) in [5, 5.41) is 6.76. The highest BCUT2D eigenvalue weighted by molar-refractivity contribution is 7.89. The van der Waals surface area contributed by atoms with Gasteiger partial charge in [-0.1, -0.05) is 18.2 Å². The lowest BCUT2D eigenvalue weighted by Crippen LogP contribution is -2.54. The highest BCUT2D eigenvalue weighted by Gasteiger charge is 2.27. The van der Waals surface area contributed by atoms with Crippen molar-refractivity contribution in [2.75, 3.05) is 64.0 Å². The number of piperazine rings is 1. The lowest BCUT2D eigenvalue weighted by atomic mass is 10.3. The number of hydrogen-bond acceptors (Lipinski definition) is 5. The van der Waals surface area contributed by atoms with Crippen molar-refractivity contribution >= 4 is 21.7 Å². The van der Waals surface area contributed by atoms with Crippen LogP contribution in [0.1, 0.15) is 20.3 Å². The molecule has 0 amide bonds. The minimum Gasteiger partial charge on any atom is -0.385 e. The molecule has 2 rings (SSSR count). The molecule has 1 aromatic carbocycles. The van der Waals surface area contributed by atoms with Crippen molar-refractivity contribution in [3.63, 3.8) is 0 Å². The molecule has 1 aromatic rings. The van der Waals surface area contributed by atoms with E-state index in [1.807, 2.05) is 32.0 Å². The summed E-state index contributed by atoms with van der Waals surface area (Å²) in [6.45, 7) is 7.93. The first kappa shape index (κ1) is 23.4. The molecule has 9 heteroatoms. The molecule has 0 aliphatic carbocycles. The maximum atomic E-state index is 12.4. The van der Waals surface area contributed by atoms with Crippen molar-refractivity contribution < 1.29 is 13.2 Å². The zero-order valence-electron chi connectivity index (χ0n) is 17.8. The summed E-state index contributed by atoms with van der Waals surface area (Å²) in [4.78, 5) is 6.46. The van der Waals surface area contributed by atoms with E-state index in [4.69, 9.17) is 4.74 Å². The summed E-state index contributed by atoms with van der Waals surface area (Å²) in [7, 11) is -1.51. The number of para-hydroxylation sites is 1. The standard InChI is InChI=1S/C20H35N5O3S/c1-18(2)28-16-17-29(26,27)25-14-12-24(13-15-25)20(21-3)23-11-7-10-22-19-8-5-4-6-9-19/h4-6,8-9,18,22H,7,10-17H2,1-3H3,(H,21,23). The fourth-order valence-corrected chi connectivity index (χ4v) is 4.39. The van der Waals surface area contributed by atoms with E-state index in [1.54, 1.807) is 11.4 Å². The van der Waals surface area contributed by atoms with Crippen LogP contribution in [-0.4, -0.2) is 88.4 Å². The Morgan fingerprint density at radius 2 is 1.83 bits per heavy atom. The number of guanidine groups is 1. The molecule has 1 heterocycles. The van der Waals surface area contributed by atoms with Gasteiger partial charge in [0.15, 0.2) is 5.96 Å². The van der Waals surface area contributed by atoms with Gasteiger partial charge in [-0.05, 0) is 32.4 Å². The second-order valence-electron chi connectivity index (χ2n) is 7.24. The van der Waals surface area contributed by atoms with Crippen molar-refractivity contribution in [1.29, 1.82) is 0 Å². The number of sulfonamides is 1. The molecule has 0 radical (unpaired) electrons. The van der Waals surface area contributed by atoms with E-state index in [0.29, 0.717) is 26.2 Å². The maximum Gasteiger partial charge on any atom is 0.216 e. The highest BCUT2D eigenvalue weighted by atomic mass is 32.2. The monoisotopic (exact) mass is 425 g/mol. The fourth-order valence-electron chi connectivity index (χ4n) is 3.11. The average molecular weight is 426 g/mol. The molecule has 0 aromatic heterocycles. The Kier molecular flexibility index (Phi) is 9.69. The fraction of sp³-hybridized carbons (Fsp3) is 0.650. The maximum absolute atomic E-state index is 12.4. The summed E-state index contributed by atoms with van der Waals surface area (Å²) in [5.74, 6) is 0.858. The van der Waals surface area contributed by atoms with Crippen LogP contribution in [0, 0.1) is 0 Å². The Balaban J connectivity index is 1.68. The quantitative estimate of drug-likeness (QED) is 0.335. The SMILES string of the molecule is CN=C(NCCCNc1ccccc1)N1CCN(S(=O)(=O)CCOC(C)C)CC1. The van der Waals surface area contributed by atoms with Gasteiger partial charge in [0, 0.05) is 52.0 Å². The number of ether oxygens (including phenoxy) is 1. The Hall–Kier alpha value is -1.84. The molecule has 1 aliphatic heterocycles. The number of nitrogens with zero attached hydrogens (tertiary/aromatic N) is 3. The van der Waals surface area contributed by atoms with Crippen LogP contribution in [0.5, 0.6) is 0 Å². The molecule has 8 nitrogen and oxygen atoms in total. The van der Waals surface area contributed by atoms with Gasteiger partial charge >= 0.3 is 0 Å². The van der Waals surface area contributed by atoms with Crippen molar-refractivity contribution in [2.45, 2.75) is 26.4 Å². The van der Waals surface area contributed by atoms with Gasteiger partial charge in [-0.25, -0.2) is 8.42 Å². The van der Waals surface area contributed by atoms with Crippen LogP contribution in [0.25, 0.3) is 0 Å². The van der Waals surface area contributed by atoms with E-state index in [2.05, 4.69) is 32.7 Å². The number of nitrogens with one attached hydrogen (secondary N) is 2. The number of aliphatic imine (C=N–C) groups is 1.